The molecule has 0 spiro atoms. The van der Waals surface area contributed by atoms with Crippen molar-refractivity contribution >= 4 is 39.3 Å². The fourth-order valence-electron chi connectivity index (χ4n) is 2.83. The molecule has 8 heteroatoms. The first-order chi connectivity index (χ1) is 13.9. The van der Waals surface area contributed by atoms with Crippen LogP contribution in [-0.4, -0.2) is 43.5 Å². The summed E-state index contributed by atoms with van der Waals surface area (Å²) in [5.74, 6) is 0.588. The van der Waals surface area contributed by atoms with E-state index in [1.54, 1.807) is 32.4 Å². The number of carbonyl (C=O) groups is 2. The van der Waals surface area contributed by atoms with E-state index in [1.807, 2.05) is 31.2 Å². The summed E-state index contributed by atoms with van der Waals surface area (Å²) >= 11 is 9.49. The Kier molecular flexibility index (Phi) is 8.79. The normalized spacial score (nSPS) is 11.5. The minimum atomic E-state index is -0.612. The van der Waals surface area contributed by atoms with E-state index in [9.17, 15) is 9.59 Å². The van der Waals surface area contributed by atoms with E-state index in [0.717, 1.165) is 15.8 Å². The Morgan fingerprint density at radius 2 is 1.90 bits per heavy atom. The maximum absolute atomic E-state index is 13.0. The molecule has 1 N–H and O–H groups in total. The van der Waals surface area contributed by atoms with E-state index >= 15 is 0 Å². The van der Waals surface area contributed by atoms with Gasteiger partial charge < -0.3 is 19.7 Å². The lowest BCUT2D eigenvalue weighted by Crippen LogP contribution is -2.49. The zero-order valence-corrected chi connectivity index (χ0v) is 18.9. The first kappa shape index (κ1) is 23.0. The molecule has 156 valence electrons. The number of amides is 2. The van der Waals surface area contributed by atoms with Crippen LogP contribution in [-0.2, 0) is 16.1 Å². The topological polar surface area (TPSA) is 67.9 Å². The summed E-state index contributed by atoms with van der Waals surface area (Å²) < 4.78 is 11.6. The van der Waals surface area contributed by atoms with Gasteiger partial charge in [0.05, 0.1) is 12.1 Å². The lowest BCUT2D eigenvalue weighted by atomic mass is 10.1. The molecule has 2 amide bonds. The van der Waals surface area contributed by atoms with E-state index in [-0.39, 0.29) is 25.0 Å². The van der Waals surface area contributed by atoms with Gasteiger partial charge in [0, 0.05) is 18.1 Å². The Morgan fingerprint density at radius 3 is 2.45 bits per heavy atom. The summed E-state index contributed by atoms with van der Waals surface area (Å²) in [5, 5.41) is 3.02. The van der Waals surface area contributed by atoms with Crippen LogP contribution in [0.4, 0.5) is 0 Å². The standard InChI is InChI=1S/C21H24BrClN2O4/c1-4-18(21(27)24-2)25(12-14-5-8-16(28-3)9-6-14)20(26)13-29-19-10-7-15(22)11-17(19)23/h5-11,18H,4,12-13H2,1-3H3,(H,24,27)/t18-/m0/s1. The van der Waals surface area contributed by atoms with Crippen molar-refractivity contribution in [2.75, 3.05) is 20.8 Å². The van der Waals surface area contributed by atoms with Crippen molar-refractivity contribution in [2.45, 2.75) is 25.9 Å². The summed E-state index contributed by atoms with van der Waals surface area (Å²) in [7, 11) is 3.15. The molecule has 0 saturated heterocycles. The first-order valence-electron chi connectivity index (χ1n) is 9.11. The number of carbonyl (C=O) groups excluding carboxylic acids is 2. The fourth-order valence-corrected chi connectivity index (χ4v) is 3.56. The van der Waals surface area contributed by atoms with Gasteiger partial charge in [0.15, 0.2) is 6.61 Å². The van der Waals surface area contributed by atoms with Gasteiger partial charge in [-0.05, 0) is 42.3 Å². The van der Waals surface area contributed by atoms with E-state index < -0.39 is 6.04 Å². The second-order valence-electron chi connectivity index (χ2n) is 6.27. The van der Waals surface area contributed by atoms with Crippen molar-refractivity contribution in [3.63, 3.8) is 0 Å². The van der Waals surface area contributed by atoms with Crippen LogP contribution in [0.1, 0.15) is 18.9 Å². The number of hydrogen-bond donors (Lipinski definition) is 1. The zero-order valence-electron chi connectivity index (χ0n) is 16.6. The maximum Gasteiger partial charge on any atom is 0.261 e. The third kappa shape index (κ3) is 6.37. The summed E-state index contributed by atoms with van der Waals surface area (Å²) in [6.45, 7) is 1.90. The lowest BCUT2D eigenvalue weighted by Gasteiger charge is -2.30. The van der Waals surface area contributed by atoms with Crippen LogP contribution in [0.2, 0.25) is 5.02 Å². The fraction of sp³-hybridized carbons (Fsp3) is 0.333. The molecule has 6 nitrogen and oxygen atoms in total. The molecule has 0 radical (unpaired) electrons. The molecule has 0 aliphatic rings. The Bertz CT molecular complexity index is 845. The summed E-state index contributed by atoms with van der Waals surface area (Å²) in [4.78, 5) is 26.9. The van der Waals surface area contributed by atoms with Crippen molar-refractivity contribution in [3.8, 4) is 11.5 Å². The molecule has 29 heavy (non-hydrogen) atoms. The van der Waals surface area contributed by atoms with Gasteiger partial charge in [0.1, 0.15) is 17.5 Å². The summed E-state index contributed by atoms with van der Waals surface area (Å²) in [5.41, 5.74) is 0.878. The molecule has 0 heterocycles. The molecule has 2 aromatic carbocycles. The molecule has 2 aromatic rings. The molecule has 0 aliphatic carbocycles. The van der Waals surface area contributed by atoms with E-state index in [4.69, 9.17) is 21.1 Å². The molecule has 0 aliphatic heterocycles. The van der Waals surface area contributed by atoms with Crippen LogP contribution in [0.5, 0.6) is 11.5 Å². The number of hydrogen-bond acceptors (Lipinski definition) is 4. The first-order valence-corrected chi connectivity index (χ1v) is 10.3. The van der Waals surface area contributed by atoms with Gasteiger partial charge in [-0.2, -0.15) is 0 Å². The minimum absolute atomic E-state index is 0.226. The quantitative estimate of drug-likeness (QED) is 0.584. The number of likely N-dealkylation sites (N-methyl/N-ethyl adjacent to an activating group) is 1. The van der Waals surface area contributed by atoms with Gasteiger partial charge in [-0.1, -0.05) is 46.6 Å². The predicted molar refractivity (Wildman–Crippen MR) is 116 cm³/mol. The molecule has 0 unspecified atom stereocenters. The molecule has 0 saturated carbocycles. The van der Waals surface area contributed by atoms with Gasteiger partial charge in [0.25, 0.3) is 5.91 Å². The van der Waals surface area contributed by atoms with Gasteiger partial charge in [-0.3, -0.25) is 9.59 Å². The number of ether oxygens (including phenoxy) is 2. The highest BCUT2D eigenvalue weighted by molar-refractivity contribution is 9.10. The average Bonchev–Trinajstić information content (AvgIpc) is 2.73. The monoisotopic (exact) mass is 482 g/mol. The van der Waals surface area contributed by atoms with Crippen LogP contribution >= 0.6 is 27.5 Å². The maximum atomic E-state index is 13.0. The molecule has 1 atom stereocenters. The van der Waals surface area contributed by atoms with Crippen molar-refractivity contribution in [1.29, 1.82) is 0 Å². The number of nitrogens with one attached hydrogen (secondary N) is 1. The minimum Gasteiger partial charge on any atom is -0.497 e. The second-order valence-corrected chi connectivity index (χ2v) is 7.59. The van der Waals surface area contributed by atoms with Gasteiger partial charge in [-0.15, -0.1) is 0 Å². The molecular formula is C21H24BrClN2O4. The number of benzene rings is 2. The average molecular weight is 484 g/mol. The molecule has 0 aromatic heterocycles. The Hall–Kier alpha value is -2.25. The van der Waals surface area contributed by atoms with Crippen LogP contribution in [0.25, 0.3) is 0 Å². The van der Waals surface area contributed by atoms with E-state index in [1.165, 1.54) is 4.90 Å². The largest absolute Gasteiger partial charge is 0.497 e. The highest BCUT2D eigenvalue weighted by Crippen LogP contribution is 2.28. The van der Waals surface area contributed by atoms with Crippen molar-refractivity contribution in [2.24, 2.45) is 0 Å². The number of methoxy groups -OCH3 is 1. The Morgan fingerprint density at radius 1 is 1.21 bits per heavy atom. The SMILES string of the molecule is CC[C@@H](C(=O)NC)N(Cc1ccc(OC)cc1)C(=O)COc1ccc(Br)cc1Cl. The van der Waals surface area contributed by atoms with Crippen LogP contribution in [0.3, 0.4) is 0 Å². The predicted octanol–water partition coefficient (Wildman–Crippen LogP) is 4.04. The number of halogens is 2. The Labute approximate surface area is 184 Å². The van der Waals surface area contributed by atoms with Crippen molar-refractivity contribution in [3.05, 3.63) is 57.5 Å². The van der Waals surface area contributed by atoms with E-state index in [2.05, 4.69) is 21.2 Å². The number of nitrogens with zero attached hydrogens (tertiary/aromatic N) is 1. The van der Waals surface area contributed by atoms with E-state index in [0.29, 0.717) is 17.2 Å². The molecule has 0 fully saturated rings. The van der Waals surface area contributed by atoms with Crippen LogP contribution < -0.4 is 14.8 Å². The third-order valence-electron chi connectivity index (χ3n) is 4.39. The summed E-state index contributed by atoms with van der Waals surface area (Å²) in [6, 6.07) is 11.9. The highest BCUT2D eigenvalue weighted by atomic mass is 79.9. The molecule has 0 bridgehead atoms. The van der Waals surface area contributed by atoms with Crippen molar-refractivity contribution < 1.29 is 19.1 Å². The molecule has 2 rings (SSSR count). The van der Waals surface area contributed by atoms with Crippen LogP contribution in [0.15, 0.2) is 46.9 Å². The summed E-state index contributed by atoms with van der Waals surface area (Å²) in [6.07, 6.45) is 0.473. The number of rotatable bonds is 9. The van der Waals surface area contributed by atoms with Gasteiger partial charge in [-0.25, -0.2) is 0 Å². The highest BCUT2D eigenvalue weighted by Gasteiger charge is 2.28. The molecular weight excluding hydrogens is 460 g/mol. The Balaban J connectivity index is 2.19. The smallest absolute Gasteiger partial charge is 0.261 e. The zero-order chi connectivity index (χ0) is 21.4. The van der Waals surface area contributed by atoms with Crippen LogP contribution in [0, 0.1) is 0 Å². The lowest BCUT2D eigenvalue weighted by molar-refractivity contribution is -0.142. The second kappa shape index (κ2) is 11.1. The van der Waals surface area contributed by atoms with Crippen molar-refractivity contribution in [1.82, 2.24) is 10.2 Å². The van der Waals surface area contributed by atoms with Gasteiger partial charge in [0.2, 0.25) is 5.91 Å². The third-order valence-corrected chi connectivity index (χ3v) is 5.18. The van der Waals surface area contributed by atoms with Gasteiger partial charge >= 0.3 is 0 Å².